The van der Waals surface area contributed by atoms with E-state index in [2.05, 4.69) is 52.6 Å². The fourth-order valence-electron chi connectivity index (χ4n) is 0.795. The minimum Gasteiger partial charge on any atom is -0.0981 e. The minimum absolute atomic E-state index is 0.497. The predicted octanol–water partition coefficient (Wildman–Crippen LogP) is 4.39. The van der Waals surface area contributed by atoms with Crippen LogP contribution in [-0.4, -0.2) is 8.07 Å². The van der Waals surface area contributed by atoms with Crippen LogP contribution in [-0.2, 0) is 0 Å². The molecule has 0 N–H and O–H groups in total. The maximum absolute atomic E-state index is 2.50. The summed E-state index contributed by atoms with van der Waals surface area (Å²) < 4.78 is 0. The second kappa shape index (κ2) is 4.27. The Labute approximate surface area is 79.1 Å². The molecule has 0 unspecified atom stereocenters. The molecule has 0 heterocycles. The first-order valence-electron chi connectivity index (χ1n) is 4.99. The van der Waals surface area contributed by atoms with Crippen LogP contribution < -0.4 is 0 Å². The lowest BCUT2D eigenvalue weighted by molar-refractivity contribution is 0.728. The average molecular weight is 184 g/mol. The number of unbranched alkanes of at least 4 members (excludes halogenated alkanes) is 1. The smallest absolute Gasteiger partial charge is 0.0766 e. The van der Waals surface area contributed by atoms with E-state index in [0.717, 1.165) is 0 Å². The third-order valence-electron chi connectivity index (χ3n) is 2.92. The van der Waals surface area contributed by atoms with Crippen molar-refractivity contribution in [1.29, 1.82) is 0 Å². The summed E-state index contributed by atoms with van der Waals surface area (Å²) in [6, 6.07) is 0. The molecule has 0 fully saturated rings. The van der Waals surface area contributed by atoms with Crippen LogP contribution >= 0.6 is 0 Å². The van der Waals surface area contributed by atoms with E-state index in [9.17, 15) is 0 Å². The molecule has 0 atom stereocenters. The largest absolute Gasteiger partial charge is 0.0981 e. The molecule has 0 nitrogen and oxygen atoms in total. The summed E-state index contributed by atoms with van der Waals surface area (Å²) in [5.41, 5.74) is 2.50. The Kier molecular flexibility index (Phi) is 4.25. The van der Waals surface area contributed by atoms with Crippen molar-refractivity contribution in [2.24, 2.45) is 0 Å². The van der Waals surface area contributed by atoms with Gasteiger partial charge in [-0.1, -0.05) is 59.0 Å². The van der Waals surface area contributed by atoms with Crippen LogP contribution in [0.2, 0.25) is 18.1 Å². The molecule has 0 aromatic heterocycles. The lowest BCUT2D eigenvalue weighted by Crippen LogP contribution is -2.34. The van der Waals surface area contributed by atoms with Crippen LogP contribution in [0.1, 0.15) is 40.5 Å². The zero-order chi connectivity index (χ0) is 9.83. The Morgan fingerprint density at radius 3 is 2.00 bits per heavy atom. The summed E-state index contributed by atoms with van der Waals surface area (Å²) in [7, 11) is -1.12. The van der Waals surface area contributed by atoms with E-state index < -0.39 is 8.07 Å². The van der Waals surface area contributed by atoms with Gasteiger partial charge >= 0.3 is 0 Å². The lowest BCUT2D eigenvalue weighted by Gasteiger charge is -2.34. The Morgan fingerprint density at radius 1 is 1.17 bits per heavy atom. The molecule has 0 saturated carbocycles. The average Bonchev–Trinajstić information content (AvgIpc) is 1.85. The molecule has 0 bridgehead atoms. The summed E-state index contributed by atoms with van der Waals surface area (Å²) in [5.74, 6) is 0. The highest BCUT2D eigenvalue weighted by molar-refractivity contribution is 6.84. The third-order valence-corrected chi connectivity index (χ3v) is 7.86. The van der Waals surface area contributed by atoms with Crippen molar-refractivity contribution < 1.29 is 0 Å². The highest BCUT2D eigenvalue weighted by Gasteiger charge is 2.31. The predicted molar refractivity (Wildman–Crippen MR) is 61.2 cm³/mol. The van der Waals surface area contributed by atoms with Gasteiger partial charge in [0.15, 0.2) is 0 Å². The first-order valence-corrected chi connectivity index (χ1v) is 8.06. The van der Waals surface area contributed by atoms with Crippen molar-refractivity contribution in [3.8, 4) is 0 Å². The number of allylic oxidation sites excluding steroid dienone is 1. The molecule has 0 aliphatic carbocycles. The van der Waals surface area contributed by atoms with Gasteiger partial charge in [0.1, 0.15) is 0 Å². The lowest BCUT2D eigenvalue weighted by atomic mass is 10.2. The molecule has 0 spiro atoms. The number of hydrogen-bond acceptors (Lipinski definition) is 0. The van der Waals surface area contributed by atoms with Gasteiger partial charge in [-0.2, -0.15) is 0 Å². The van der Waals surface area contributed by atoms with Crippen LogP contribution in [0.5, 0.6) is 0 Å². The van der Waals surface area contributed by atoms with Crippen molar-refractivity contribution >= 4 is 8.07 Å². The Hall–Kier alpha value is -0.0431. The van der Waals surface area contributed by atoms with Gasteiger partial charge in [0.2, 0.25) is 0 Å². The molecule has 0 radical (unpaired) electrons. The van der Waals surface area contributed by atoms with E-state index in [1.165, 1.54) is 12.8 Å². The SMILES string of the molecule is CCC/C=C/[Si](C)(C)C(C)(C)C. The van der Waals surface area contributed by atoms with Crippen molar-refractivity contribution in [3.63, 3.8) is 0 Å². The van der Waals surface area contributed by atoms with Gasteiger partial charge in [-0.3, -0.25) is 0 Å². The van der Waals surface area contributed by atoms with Crippen LogP contribution in [0.15, 0.2) is 11.8 Å². The van der Waals surface area contributed by atoms with E-state index >= 15 is 0 Å². The van der Waals surface area contributed by atoms with Crippen LogP contribution in [0.4, 0.5) is 0 Å². The van der Waals surface area contributed by atoms with Crippen molar-refractivity contribution in [3.05, 3.63) is 11.8 Å². The minimum atomic E-state index is -1.12. The molecular formula is C11H24Si. The van der Waals surface area contributed by atoms with Gasteiger partial charge in [-0.25, -0.2) is 0 Å². The van der Waals surface area contributed by atoms with Crippen LogP contribution in [0.25, 0.3) is 0 Å². The fraction of sp³-hybridized carbons (Fsp3) is 0.818. The first-order chi connectivity index (χ1) is 5.31. The second-order valence-electron chi connectivity index (χ2n) is 5.16. The molecular weight excluding hydrogens is 160 g/mol. The molecule has 0 saturated heterocycles. The Bertz CT molecular complexity index is 149. The monoisotopic (exact) mass is 184 g/mol. The summed E-state index contributed by atoms with van der Waals surface area (Å²) in [6.07, 6.45) is 4.88. The Balaban J connectivity index is 4.22. The van der Waals surface area contributed by atoms with Gasteiger partial charge in [0.05, 0.1) is 8.07 Å². The van der Waals surface area contributed by atoms with E-state index in [1.807, 2.05) is 0 Å². The number of hydrogen-bond donors (Lipinski definition) is 0. The molecule has 72 valence electrons. The summed E-state index contributed by atoms with van der Waals surface area (Å²) in [4.78, 5) is 0. The topological polar surface area (TPSA) is 0 Å². The van der Waals surface area contributed by atoms with Crippen LogP contribution in [0, 0.1) is 0 Å². The van der Waals surface area contributed by atoms with E-state index in [1.54, 1.807) is 0 Å². The fourth-order valence-corrected chi connectivity index (χ4v) is 2.05. The van der Waals surface area contributed by atoms with Crippen molar-refractivity contribution in [2.75, 3.05) is 0 Å². The van der Waals surface area contributed by atoms with Crippen molar-refractivity contribution in [2.45, 2.75) is 58.7 Å². The normalized spacial score (nSPS) is 14.2. The zero-order valence-electron chi connectivity index (χ0n) is 9.57. The molecule has 0 aromatic carbocycles. The molecule has 1 heteroatoms. The first kappa shape index (κ1) is 12.0. The van der Waals surface area contributed by atoms with Gasteiger partial charge in [0, 0.05) is 0 Å². The Morgan fingerprint density at radius 2 is 1.67 bits per heavy atom. The molecule has 0 aliphatic heterocycles. The summed E-state index contributed by atoms with van der Waals surface area (Å²) >= 11 is 0. The van der Waals surface area contributed by atoms with Gasteiger partial charge in [0.25, 0.3) is 0 Å². The maximum Gasteiger partial charge on any atom is 0.0766 e. The zero-order valence-corrected chi connectivity index (χ0v) is 10.6. The molecule has 0 aromatic rings. The van der Waals surface area contributed by atoms with Crippen LogP contribution in [0.3, 0.4) is 0 Å². The van der Waals surface area contributed by atoms with Gasteiger partial charge in [-0.15, -0.1) is 0 Å². The van der Waals surface area contributed by atoms with Crippen molar-refractivity contribution in [1.82, 2.24) is 0 Å². The van der Waals surface area contributed by atoms with E-state index in [-0.39, 0.29) is 0 Å². The third kappa shape index (κ3) is 3.57. The molecule has 0 aliphatic rings. The van der Waals surface area contributed by atoms with E-state index in [4.69, 9.17) is 0 Å². The van der Waals surface area contributed by atoms with Gasteiger partial charge in [-0.05, 0) is 11.5 Å². The maximum atomic E-state index is 2.50. The number of rotatable bonds is 3. The summed E-state index contributed by atoms with van der Waals surface area (Å²) in [5, 5.41) is 0.497. The molecule has 0 amide bonds. The van der Waals surface area contributed by atoms with Gasteiger partial charge < -0.3 is 0 Å². The standard InChI is InChI=1S/C11H24Si/c1-7-8-9-10-12(5,6)11(2,3)4/h9-10H,7-8H2,1-6H3/b10-9+. The highest BCUT2D eigenvalue weighted by Crippen LogP contribution is 2.36. The van der Waals surface area contributed by atoms with E-state index in [0.29, 0.717) is 5.04 Å². The quantitative estimate of drug-likeness (QED) is 0.571. The summed E-state index contributed by atoms with van der Waals surface area (Å²) in [6.45, 7) is 14.2. The molecule has 0 rings (SSSR count). The molecule has 12 heavy (non-hydrogen) atoms. The highest BCUT2D eigenvalue weighted by atomic mass is 28.3. The second-order valence-corrected chi connectivity index (χ2v) is 10.4.